The van der Waals surface area contributed by atoms with Gasteiger partial charge in [0.25, 0.3) is 0 Å². The molecule has 0 amide bonds. The van der Waals surface area contributed by atoms with Crippen molar-refractivity contribution in [2.45, 2.75) is 0 Å². The van der Waals surface area contributed by atoms with Gasteiger partial charge in [-0.2, -0.15) is 0 Å². The molecule has 66 valence electrons. The van der Waals surface area contributed by atoms with Gasteiger partial charge in [0.1, 0.15) is 0 Å². The average Bonchev–Trinajstić information content (AvgIpc) is 1.98. The number of hydrogen-bond acceptors (Lipinski definition) is 5. The second-order valence-corrected chi connectivity index (χ2v) is 3.40. The molecule has 0 rings (SSSR count). The van der Waals surface area contributed by atoms with Gasteiger partial charge in [0.2, 0.25) is 0 Å². The summed E-state index contributed by atoms with van der Waals surface area (Å²) in [6.45, 7) is 1.23. The highest BCUT2D eigenvalue weighted by molar-refractivity contribution is 7.45. The minimum Gasteiger partial charge on any atom is -0.318 e. The van der Waals surface area contributed by atoms with Crippen molar-refractivity contribution in [3.63, 3.8) is 0 Å². The topological polar surface area (TPSA) is 51.1 Å². The Labute approximate surface area is 67.6 Å². The van der Waals surface area contributed by atoms with E-state index in [1.54, 1.807) is 0 Å². The van der Waals surface area contributed by atoms with Gasteiger partial charge in [0, 0.05) is 18.6 Å². The zero-order chi connectivity index (χ0) is 8.69. The van der Waals surface area contributed by atoms with Crippen LogP contribution < -0.4 is 0 Å². The van der Waals surface area contributed by atoms with Crippen LogP contribution in [0.4, 0.5) is 0 Å². The van der Waals surface area contributed by atoms with Crippen LogP contribution in [0, 0.1) is 4.91 Å². The summed E-state index contributed by atoms with van der Waals surface area (Å²) in [7, 11) is 3.71. The Hall–Kier alpha value is -0.0900. The first-order valence-corrected chi connectivity index (χ1v) is 4.29. The maximum absolute atomic E-state index is 9.93. The molecule has 1 unspecified atom stereocenters. The highest BCUT2D eigenvalue weighted by Gasteiger charge is 2.07. The lowest BCUT2D eigenvalue weighted by atomic mass is 10.6. The second kappa shape index (κ2) is 6.61. The molecule has 0 saturated heterocycles. The van der Waals surface area contributed by atoms with E-state index in [0.29, 0.717) is 6.61 Å². The van der Waals surface area contributed by atoms with E-state index in [4.69, 9.17) is 4.52 Å². The van der Waals surface area contributed by atoms with E-state index in [0.717, 1.165) is 6.54 Å². The summed E-state index contributed by atoms with van der Waals surface area (Å²) in [6.07, 6.45) is 0. The lowest BCUT2D eigenvalue weighted by Gasteiger charge is -2.10. The molecular weight excluding hydrogens is 167 g/mol. The molecule has 1 atom stereocenters. The monoisotopic (exact) mass is 180 g/mol. The van der Waals surface area contributed by atoms with Crippen LogP contribution in [-0.2, 0) is 9.05 Å². The van der Waals surface area contributed by atoms with Gasteiger partial charge >= 0.3 is 8.53 Å². The minimum atomic E-state index is -1.54. The van der Waals surface area contributed by atoms with Crippen LogP contribution in [0.5, 0.6) is 0 Å². The van der Waals surface area contributed by atoms with Crippen LogP contribution in [0.25, 0.3) is 0 Å². The van der Waals surface area contributed by atoms with E-state index in [-0.39, 0.29) is 0 Å². The highest BCUT2D eigenvalue weighted by atomic mass is 31.2. The van der Waals surface area contributed by atoms with Gasteiger partial charge in [-0.25, -0.2) is 0 Å². The van der Waals surface area contributed by atoms with Crippen LogP contribution >= 0.6 is 8.53 Å². The number of nitroso groups, excluding NO2 is 1. The first-order valence-electron chi connectivity index (χ1n) is 3.16. The van der Waals surface area contributed by atoms with Crippen LogP contribution in [0.3, 0.4) is 0 Å². The predicted octanol–water partition coefficient (Wildman–Crippen LogP) is 1.20. The summed E-state index contributed by atoms with van der Waals surface area (Å²) >= 11 is 0. The molecule has 0 spiro atoms. The second-order valence-electron chi connectivity index (χ2n) is 2.14. The average molecular weight is 180 g/mol. The van der Waals surface area contributed by atoms with E-state index in [1.807, 2.05) is 19.0 Å². The van der Waals surface area contributed by atoms with E-state index >= 15 is 0 Å². The Morgan fingerprint density at radius 3 is 2.55 bits per heavy atom. The van der Waals surface area contributed by atoms with Crippen molar-refractivity contribution < 1.29 is 9.05 Å². The maximum Gasteiger partial charge on any atom is 0.352 e. The number of hydrogen-bond donors (Lipinski definition) is 0. The minimum absolute atomic E-state index is 0.471. The third-order valence-corrected chi connectivity index (χ3v) is 1.81. The van der Waals surface area contributed by atoms with E-state index in [1.165, 1.54) is 7.11 Å². The van der Waals surface area contributed by atoms with Gasteiger partial charge in [0.15, 0.2) is 0 Å². The summed E-state index contributed by atoms with van der Waals surface area (Å²) in [5, 5.41) is 0. The van der Waals surface area contributed by atoms with Crippen molar-refractivity contribution in [3.8, 4) is 0 Å². The van der Waals surface area contributed by atoms with Crippen LogP contribution in [0.1, 0.15) is 0 Å². The molecule has 0 aliphatic rings. The normalized spacial score (nSPS) is 13.5. The molecule has 6 heteroatoms. The molecule has 0 aromatic carbocycles. The lowest BCUT2D eigenvalue weighted by Crippen LogP contribution is -2.16. The maximum atomic E-state index is 9.93. The fraction of sp³-hybridized carbons (Fsp3) is 1.00. The molecule has 11 heavy (non-hydrogen) atoms. The van der Waals surface area contributed by atoms with Gasteiger partial charge < -0.3 is 13.9 Å². The van der Waals surface area contributed by atoms with Crippen molar-refractivity contribution in [3.05, 3.63) is 4.91 Å². The first kappa shape index (κ1) is 10.9. The molecule has 0 aromatic rings. The number of likely N-dealkylation sites (N-methyl/N-ethyl adjacent to an activating group) is 1. The Morgan fingerprint density at radius 2 is 2.18 bits per heavy atom. The predicted molar refractivity (Wildman–Crippen MR) is 44.2 cm³/mol. The van der Waals surface area contributed by atoms with Gasteiger partial charge in [-0.3, -0.25) is 0 Å². The van der Waals surface area contributed by atoms with E-state index in [2.05, 4.69) is 9.47 Å². The largest absolute Gasteiger partial charge is 0.352 e. The van der Waals surface area contributed by atoms with Crippen LogP contribution in [0.2, 0.25) is 0 Å². The molecule has 0 heterocycles. The Morgan fingerprint density at radius 1 is 1.55 bits per heavy atom. The molecular formula is C5H13N2O3P. The molecule has 0 aliphatic carbocycles. The zero-order valence-electron chi connectivity index (χ0n) is 6.98. The van der Waals surface area contributed by atoms with Gasteiger partial charge in [-0.15, -0.1) is 4.91 Å². The van der Waals surface area contributed by atoms with Crippen molar-refractivity contribution in [2.75, 3.05) is 34.4 Å². The van der Waals surface area contributed by atoms with Gasteiger partial charge in [-0.1, -0.05) is 0 Å². The van der Waals surface area contributed by atoms with Gasteiger partial charge in [0.05, 0.1) is 6.61 Å². The third-order valence-electron chi connectivity index (χ3n) is 0.963. The van der Waals surface area contributed by atoms with E-state index < -0.39 is 8.53 Å². The van der Waals surface area contributed by atoms with Crippen LogP contribution in [0.15, 0.2) is 4.95 Å². The summed E-state index contributed by atoms with van der Waals surface area (Å²) in [6, 6.07) is 0. The SMILES string of the molecule is COP(N=O)OCCN(C)C. The third kappa shape index (κ3) is 6.31. The highest BCUT2D eigenvalue weighted by Crippen LogP contribution is 2.37. The Kier molecular flexibility index (Phi) is 6.56. The van der Waals surface area contributed by atoms with Crippen molar-refractivity contribution in [2.24, 2.45) is 4.95 Å². The zero-order valence-corrected chi connectivity index (χ0v) is 7.88. The Bertz CT molecular complexity index is 112. The van der Waals surface area contributed by atoms with Crippen LogP contribution in [-0.4, -0.2) is 39.3 Å². The molecule has 0 bridgehead atoms. The fourth-order valence-electron chi connectivity index (χ4n) is 0.411. The standard InChI is InChI=1S/C5H13N2O3P/c1-7(2)4-5-10-11(6-8)9-3/h4-5H2,1-3H3. The summed E-state index contributed by atoms with van der Waals surface area (Å²) in [4.78, 5) is 14.5. The smallest absolute Gasteiger partial charge is 0.318 e. The molecule has 0 saturated carbocycles. The molecule has 0 aliphatic heterocycles. The lowest BCUT2D eigenvalue weighted by molar-refractivity contribution is 0.246. The first-order chi connectivity index (χ1) is 5.20. The fourth-order valence-corrected chi connectivity index (χ4v) is 0.868. The molecule has 0 N–H and O–H groups in total. The summed E-state index contributed by atoms with van der Waals surface area (Å²) in [5.74, 6) is 0. The number of nitrogens with zero attached hydrogens (tertiary/aromatic N) is 2. The number of rotatable bonds is 6. The molecule has 5 nitrogen and oxygen atoms in total. The van der Waals surface area contributed by atoms with E-state index in [9.17, 15) is 4.91 Å². The summed E-state index contributed by atoms with van der Waals surface area (Å²) in [5.41, 5.74) is 0. The quantitative estimate of drug-likeness (QED) is 0.455. The van der Waals surface area contributed by atoms with Gasteiger partial charge in [-0.05, 0) is 14.1 Å². The molecule has 0 aromatic heterocycles. The Balaban J connectivity index is 3.28. The molecule has 0 radical (unpaired) electrons. The van der Waals surface area contributed by atoms with Crippen molar-refractivity contribution in [1.29, 1.82) is 0 Å². The summed E-state index contributed by atoms with van der Waals surface area (Å²) < 4.78 is 9.60. The molecule has 0 fully saturated rings. The van der Waals surface area contributed by atoms with Crippen molar-refractivity contribution in [1.82, 2.24) is 4.90 Å². The van der Waals surface area contributed by atoms with Crippen molar-refractivity contribution >= 4 is 8.53 Å².